The number of halogens is 4. The van der Waals surface area contributed by atoms with Gasteiger partial charge in [-0.2, -0.15) is 20.5 Å². The highest BCUT2D eigenvalue weighted by Gasteiger charge is 2.43. The number of carbonyl (C=O) groups is 2. The monoisotopic (exact) mass is 382 g/mol. The first-order chi connectivity index (χ1) is 11.7. The second-order valence-electron chi connectivity index (χ2n) is 5.38. The van der Waals surface area contributed by atoms with Crippen LogP contribution in [0.4, 0.5) is 17.6 Å². The second kappa shape index (κ2) is 7.46. The molecule has 138 valence electrons. The molecule has 2 heterocycles. The van der Waals surface area contributed by atoms with Crippen LogP contribution in [0.3, 0.4) is 0 Å². The maximum atomic E-state index is 12.8. The molecule has 0 radical (unpaired) electrons. The fraction of sp³-hybridized carbons (Fsp3) is 0.500. The molecule has 6 nitrogen and oxygen atoms in total. The molecule has 0 saturated carbocycles. The van der Waals surface area contributed by atoms with Crippen molar-refractivity contribution < 1.29 is 37.0 Å². The summed E-state index contributed by atoms with van der Waals surface area (Å²) in [5.41, 5.74) is -1.37. The Kier molecular flexibility index (Phi) is 5.76. The maximum absolute atomic E-state index is 12.8. The fourth-order valence-corrected chi connectivity index (χ4v) is 3.33. The molecule has 1 aromatic rings. The molecule has 1 amide bonds. The third-order valence-electron chi connectivity index (χ3n) is 3.51. The van der Waals surface area contributed by atoms with Gasteiger partial charge in [-0.3, -0.25) is 4.79 Å². The van der Waals surface area contributed by atoms with Crippen LogP contribution < -0.4 is 10.1 Å². The number of hydrogen-bond acceptors (Lipinski definition) is 5. The minimum atomic E-state index is -4.31. The molecule has 1 fully saturated rings. The number of pyridine rings is 1. The Morgan fingerprint density at radius 3 is 2.64 bits per heavy atom. The van der Waals surface area contributed by atoms with Gasteiger partial charge in [-0.15, -0.1) is 0 Å². The molecule has 1 saturated heterocycles. The summed E-state index contributed by atoms with van der Waals surface area (Å²) in [7, 11) is 0. The number of carbonyl (C=O) groups excluding carboxylic acids is 1. The first-order valence-corrected chi connectivity index (χ1v) is 8.20. The number of carboxylic acid groups (broad SMARTS) is 1. The quantitative estimate of drug-likeness (QED) is 0.702. The smallest absolute Gasteiger partial charge is 0.340 e. The van der Waals surface area contributed by atoms with Crippen LogP contribution in [0.15, 0.2) is 18.3 Å². The van der Waals surface area contributed by atoms with Gasteiger partial charge in [0.1, 0.15) is 5.54 Å². The van der Waals surface area contributed by atoms with E-state index >= 15 is 0 Å². The number of alkyl halides is 4. The number of thioether (sulfide) groups is 1. The molecule has 1 aliphatic heterocycles. The van der Waals surface area contributed by atoms with E-state index < -0.39 is 36.4 Å². The van der Waals surface area contributed by atoms with Gasteiger partial charge in [-0.1, -0.05) is 0 Å². The predicted octanol–water partition coefficient (Wildman–Crippen LogP) is 2.05. The van der Waals surface area contributed by atoms with Crippen LogP contribution in [0.5, 0.6) is 5.88 Å². The van der Waals surface area contributed by atoms with Gasteiger partial charge in [0, 0.05) is 18.0 Å². The molecule has 0 aliphatic carbocycles. The Labute approximate surface area is 143 Å². The number of aliphatic carboxylic acids is 1. The number of aromatic nitrogens is 1. The molecular weight excluding hydrogens is 368 g/mol. The van der Waals surface area contributed by atoms with E-state index in [1.54, 1.807) is 0 Å². The molecule has 2 rings (SSSR count). The van der Waals surface area contributed by atoms with Crippen molar-refractivity contribution in [3.05, 3.63) is 23.9 Å². The lowest BCUT2D eigenvalue weighted by molar-refractivity contribution is -0.148. The van der Waals surface area contributed by atoms with E-state index in [4.69, 9.17) is 0 Å². The zero-order valence-electron chi connectivity index (χ0n) is 12.7. The van der Waals surface area contributed by atoms with Gasteiger partial charge in [-0.05, 0) is 18.2 Å². The number of rotatable bonds is 7. The van der Waals surface area contributed by atoms with E-state index in [1.165, 1.54) is 17.8 Å². The summed E-state index contributed by atoms with van der Waals surface area (Å²) in [5, 5.41) is 11.7. The van der Waals surface area contributed by atoms with Crippen LogP contribution >= 0.6 is 11.8 Å². The molecule has 2 N–H and O–H groups in total. The molecule has 0 spiro atoms. The summed E-state index contributed by atoms with van der Waals surface area (Å²) in [6.45, 7) is -1.55. The van der Waals surface area contributed by atoms with Crippen molar-refractivity contribution in [1.29, 1.82) is 0 Å². The fourth-order valence-electron chi connectivity index (χ4n) is 2.01. The predicted molar refractivity (Wildman–Crippen MR) is 80.5 cm³/mol. The molecule has 1 aliphatic rings. The third kappa shape index (κ3) is 4.53. The topological polar surface area (TPSA) is 88.5 Å². The van der Waals surface area contributed by atoms with Crippen molar-refractivity contribution in [3.63, 3.8) is 0 Å². The van der Waals surface area contributed by atoms with Crippen molar-refractivity contribution in [2.24, 2.45) is 0 Å². The van der Waals surface area contributed by atoms with Gasteiger partial charge in [0.2, 0.25) is 5.88 Å². The molecule has 11 heteroatoms. The molecular formula is C14H14F4N2O4S. The second-order valence-corrected chi connectivity index (χ2v) is 6.48. The van der Waals surface area contributed by atoms with Gasteiger partial charge in [0.15, 0.2) is 6.61 Å². The average molecular weight is 382 g/mol. The maximum Gasteiger partial charge on any atom is 0.340 e. The van der Waals surface area contributed by atoms with Crippen molar-refractivity contribution >= 4 is 23.6 Å². The van der Waals surface area contributed by atoms with Crippen molar-refractivity contribution in [2.75, 3.05) is 18.1 Å². The van der Waals surface area contributed by atoms with E-state index in [0.29, 0.717) is 5.75 Å². The molecule has 25 heavy (non-hydrogen) atoms. The molecule has 1 atom stereocenters. The Morgan fingerprint density at radius 2 is 2.16 bits per heavy atom. The van der Waals surface area contributed by atoms with Gasteiger partial charge < -0.3 is 15.2 Å². The number of nitrogens with one attached hydrogen (secondary N) is 1. The highest BCUT2D eigenvalue weighted by Crippen LogP contribution is 2.29. The van der Waals surface area contributed by atoms with Crippen molar-refractivity contribution in [1.82, 2.24) is 10.3 Å². The lowest BCUT2D eigenvalue weighted by atomic mass is 9.98. The van der Waals surface area contributed by atoms with Crippen LogP contribution in [0.2, 0.25) is 0 Å². The highest BCUT2D eigenvalue weighted by atomic mass is 32.2. The van der Waals surface area contributed by atoms with Crippen LogP contribution in [0.25, 0.3) is 0 Å². The summed E-state index contributed by atoms with van der Waals surface area (Å²) in [6, 6.07) is 2.24. The standard InChI is InChI=1S/C14H14F4N2O4S/c15-11(16)14(17,18)6-24-9-2-1-8(5-19-9)10(21)20-13(12(22)23)3-4-25-7-13/h1-2,5,11H,3-4,6-7H2,(H,20,21)(H,22,23). The average Bonchev–Trinajstić information content (AvgIpc) is 3.03. The first kappa shape index (κ1) is 19.3. The Balaban J connectivity index is 1.99. The largest absolute Gasteiger partial charge is 0.479 e. The number of carboxylic acids is 1. The Morgan fingerprint density at radius 1 is 1.44 bits per heavy atom. The van der Waals surface area contributed by atoms with E-state index in [-0.39, 0.29) is 23.6 Å². The molecule has 0 aromatic carbocycles. The van der Waals surface area contributed by atoms with E-state index in [9.17, 15) is 32.3 Å². The van der Waals surface area contributed by atoms with Crippen molar-refractivity contribution in [2.45, 2.75) is 24.3 Å². The van der Waals surface area contributed by atoms with E-state index in [0.717, 1.165) is 12.3 Å². The van der Waals surface area contributed by atoms with Crippen LogP contribution in [-0.2, 0) is 4.79 Å². The minimum Gasteiger partial charge on any atom is -0.479 e. The molecule has 0 bridgehead atoms. The van der Waals surface area contributed by atoms with Gasteiger partial charge >= 0.3 is 18.3 Å². The number of ether oxygens (including phenoxy) is 1. The van der Waals surface area contributed by atoms with Crippen LogP contribution in [0, 0.1) is 0 Å². The first-order valence-electron chi connectivity index (χ1n) is 7.05. The lowest BCUT2D eigenvalue weighted by Crippen LogP contribution is -2.54. The Bertz CT molecular complexity index is 636. The molecule has 1 aromatic heterocycles. The summed E-state index contributed by atoms with van der Waals surface area (Å²) < 4.78 is 54.1. The zero-order valence-corrected chi connectivity index (χ0v) is 13.5. The van der Waals surface area contributed by atoms with Gasteiger partial charge in [0.25, 0.3) is 5.91 Å². The number of nitrogens with zero attached hydrogens (tertiary/aromatic N) is 1. The minimum absolute atomic E-state index is 0.00880. The van der Waals surface area contributed by atoms with Gasteiger partial charge in [0.05, 0.1) is 5.56 Å². The third-order valence-corrected chi connectivity index (χ3v) is 4.70. The SMILES string of the molecule is O=C(NC1(C(=O)O)CCSC1)c1ccc(OCC(F)(F)C(F)F)nc1. The molecule has 1 unspecified atom stereocenters. The highest BCUT2D eigenvalue weighted by molar-refractivity contribution is 7.99. The van der Waals surface area contributed by atoms with Gasteiger partial charge in [-0.25, -0.2) is 18.6 Å². The van der Waals surface area contributed by atoms with Crippen LogP contribution in [0.1, 0.15) is 16.8 Å². The van der Waals surface area contributed by atoms with Crippen molar-refractivity contribution in [3.8, 4) is 5.88 Å². The lowest BCUT2D eigenvalue weighted by Gasteiger charge is -2.24. The zero-order chi connectivity index (χ0) is 18.7. The summed E-state index contributed by atoms with van der Waals surface area (Å²) in [6.07, 6.45) is -2.60. The summed E-state index contributed by atoms with van der Waals surface area (Å²) in [4.78, 5) is 27.1. The van der Waals surface area contributed by atoms with E-state index in [1.807, 2.05) is 0 Å². The van der Waals surface area contributed by atoms with Crippen LogP contribution in [-0.4, -0.2) is 58.0 Å². The number of hydrogen-bond donors (Lipinski definition) is 2. The summed E-state index contributed by atoms with van der Waals surface area (Å²) >= 11 is 1.40. The van der Waals surface area contributed by atoms with E-state index in [2.05, 4.69) is 15.0 Å². The number of amides is 1. The Hall–Kier alpha value is -2.04. The summed E-state index contributed by atoms with van der Waals surface area (Å²) in [5.74, 6) is -5.69. The normalized spacial score (nSPS) is 20.5.